The molecule has 0 aliphatic carbocycles. The Morgan fingerprint density at radius 3 is 2.39 bits per heavy atom. The fourth-order valence-electron chi connectivity index (χ4n) is 2.25. The second-order valence-corrected chi connectivity index (χ2v) is 7.02. The molecule has 0 bridgehead atoms. The predicted octanol–water partition coefficient (Wildman–Crippen LogP) is 4.42. The highest BCUT2D eigenvalue weighted by molar-refractivity contribution is 7.99. The molecule has 0 aliphatic heterocycles. The summed E-state index contributed by atoms with van der Waals surface area (Å²) in [4.78, 5) is 34.0. The Morgan fingerprint density at radius 2 is 1.79 bits per heavy atom. The van der Waals surface area contributed by atoms with Gasteiger partial charge in [-0.15, -0.1) is 11.8 Å². The minimum absolute atomic E-state index is 0.0455. The van der Waals surface area contributed by atoms with Crippen LogP contribution in [0.2, 0.25) is 0 Å². The van der Waals surface area contributed by atoms with Gasteiger partial charge in [-0.1, -0.05) is 25.5 Å². The molecule has 0 aromatic heterocycles. The minimum atomic E-state index is -0.444. The lowest BCUT2D eigenvalue weighted by Crippen LogP contribution is -2.14. The number of ether oxygens (including phenoxy) is 1. The van der Waals surface area contributed by atoms with Crippen molar-refractivity contribution in [1.29, 1.82) is 0 Å². The van der Waals surface area contributed by atoms with Crippen LogP contribution in [0.5, 0.6) is 0 Å². The van der Waals surface area contributed by atoms with Gasteiger partial charge in [0.15, 0.2) is 0 Å². The first-order chi connectivity index (χ1) is 13.5. The smallest absolute Gasteiger partial charge is 0.338 e. The number of non-ortho nitro benzene ring substituents is 1. The molecule has 1 N–H and O–H groups in total. The molecule has 2 rings (SSSR count). The molecule has 0 saturated heterocycles. The molecule has 1 amide bonds. The molecule has 8 heteroatoms. The maximum atomic E-state index is 12.0. The predicted molar refractivity (Wildman–Crippen MR) is 110 cm³/mol. The van der Waals surface area contributed by atoms with Crippen molar-refractivity contribution >= 4 is 35.0 Å². The van der Waals surface area contributed by atoms with Crippen LogP contribution < -0.4 is 5.32 Å². The van der Waals surface area contributed by atoms with Crippen molar-refractivity contribution in [3.63, 3.8) is 0 Å². The third kappa shape index (κ3) is 7.03. The summed E-state index contributed by atoms with van der Waals surface area (Å²) in [7, 11) is 0. The van der Waals surface area contributed by atoms with Crippen LogP contribution in [-0.4, -0.2) is 29.2 Å². The highest BCUT2D eigenvalue weighted by Crippen LogP contribution is 2.17. The topological polar surface area (TPSA) is 98.5 Å². The van der Waals surface area contributed by atoms with E-state index in [0.717, 1.165) is 18.4 Å². The van der Waals surface area contributed by atoms with Gasteiger partial charge in [0.2, 0.25) is 5.91 Å². The van der Waals surface area contributed by atoms with E-state index >= 15 is 0 Å². The number of nitro groups is 1. The zero-order valence-electron chi connectivity index (χ0n) is 15.6. The van der Waals surface area contributed by atoms with Gasteiger partial charge in [-0.2, -0.15) is 0 Å². The number of carbonyl (C=O) groups is 2. The first-order valence-electron chi connectivity index (χ1n) is 8.87. The fraction of sp³-hybridized carbons (Fsp3) is 0.300. The van der Waals surface area contributed by atoms with Crippen molar-refractivity contribution in [1.82, 2.24) is 0 Å². The number of rotatable bonds is 10. The Balaban J connectivity index is 1.75. The summed E-state index contributed by atoms with van der Waals surface area (Å²) in [6, 6.07) is 12.8. The van der Waals surface area contributed by atoms with Crippen molar-refractivity contribution in [2.75, 3.05) is 17.7 Å². The second kappa shape index (κ2) is 11.1. The van der Waals surface area contributed by atoms with Gasteiger partial charge in [0.25, 0.3) is 5.69 Å². The van der Waals surface area contributed by atoms with Gasteiger partial charge in [-0.25, -0.2) is 4.79 Å². The molecular formula is C20H22N2O5S. The molecule has 7 nitrogen and oxygen atoms in total. The third-order valence-corrected chi connectivity index (χ3v) is 4.79. The Morgan fingerprint density at radius 1 is 1.11 bits per heavy atom. The van der Waals surface area contributed by atoms with E-state index in [4.69, 9.17) is 4.74 Å². The number of thioether (sulfide) groups is 1. The van der Waals surface area contributed by atoms with Gasteiger partial charge < -0.3 is 10.1 Å². The Bertz CT molecular complexity index is 806. The van der Waals surface area contributed by atoms with Crippen LogP contribution in [0, 0.1) is 10.1 Å². The summed E-state index contributed by atoms with van der Waals surface area (Å²) in [5, 5.41) is 13.4. The first kappa shape index (κ1) is 21.4. The number of carbonyl (C=O) groups excluding carboxylic acids is 2. The number of anilines is 1. The Hall–Kier alpha value is -2.87. The monoisotopic (exact) mass is 402 g/mol. The molecular weight excluding hydrogens is 380 g/mol. The van der Waals surface area contributed by atoms with E-state index in [0.29, 0.717) is 23.6 Å². The zero-order chi connectivity index (χ0) is 20.4. The van der Waals surface area contributed by atoms with Gasteiger partial charge in [0, 0.05) is 23.6 Å². The van der Waals surface area contributed by atoms with E-state index in [2.05, 4.69) is 5.32 Å². The number of nitro benzene ring substituents is 1. The molecule has 0 heterocycles. The summed E-state index contributed by atoms with van der Waals surface area (Å²) in [6.07, 6.45) is 1.79. The third-order valence-electron chi connectivity index (χ3n) is 3.78. The van der Waals surface area contributed by atoms with E-state index in [1.807, 2.05) is 6.92 Å². The molecule has 0 fully saturated rings. The first-order valence-corrected chi connectivity index (χ1v) is 10.0. The van der Waals surface area contributed by atoms with Crippen molar-refractivity contribution in [2.24, 2.45) is 0 Å². The second-order valence-electron chi connectivity index (χ2n) is 6.03. The minimum Gasteiger partial charge on any atom is -0.462 e. The van der Waals surface area contributed by atoms with Crippen LogP contribution in [0.3, 0.4) is 0 Å². The molecule has 0 unspecified atom stereocenters. The van der Waals surface area contributed by atoms with Crippen LogP contribution in [0.1, 0.15) is 35.7 Å². The van der Waals surface area contributed by atoms with Gasteiger partial charge in [-0.05, 0) is 36.2 Å². The molecule has 0 spiro atoms. The van der Waals surface area contributed by atoms with Crippen LogP contribution in [0.25, 0.3) is 0 Å². The van der Waals surface area contributed by atoms with Crippen LogP contribution in [0.4, 0.5) is 11.4 Å². The molecule has 0 radical (unpaired) electrons. The summed E-state index contributed by atoms with van der Waals surface area (Å²) < 4.78 is 5.14. The lowest BCUT2D eigenvalue weighted by Gasteiger charge is -2.07. The Labute approximate surface area is 167 Å². The molecule has 0 atom stereocenters. The quantitative estimate of drug-likeness (QED) is 0.273. The number of amides is 1. The summed E-state index contributed by atoms with van der Waals surface area (Å²) in [5.74, 6) is 0.293. The number of nitrogens with one attached hydrogen (secondary N) is 1. The van der Waals surface area contributed by atoms with Crippen molar-refractivity contribution in [2.45, 2.75) is 25.5 Å². The van der Waals surface area contributed by atoms with Crippen LogP contribution in [-0.2, 0) is 15.3 Å². The van der Waals surface area contributed by atoms with E-state index < -0.39 is 4.92 Å². The van der Waals surface area contributed by atoms with Crippen LogP contribution >= 0.6 is 11.8 Å². The molecule has 148 valence electrons. The molecule has 28 heavy (non-hydrogen) atoms. The van der Waals surface area contributed by atoms with Gasteiger partial charge >= 0.3 is 5.97 Å². The molecule has 2 aromatic rings. The van der Waals surface area contributed by atoms with Gasteiger partial charge in [0.1, 0.15) is 0 Å². The number of esters is 1. The highest BCUT2D eigenvalue weighted by Gasteiger charge is 2.09. The largest absolute Gasteiger partial charge is 0.462 e. The molecule has 2 aromatic carbocycles. The van der Waals surface area contributed by atoms with Crippen LogP contribution in [0.15, 0.2) is 48.5 Å². The van der Waals surface area contributed by atoms with E-state index in [1.54, 1.807) is 36.4 Å². The highest BCUT2D eigenvalue weighted by atomic mass is 32.2. The lowest BCUT2D eigenvalue weighted by molar-refractivity contribution is -0.384. The van der Waals surface area contributed by atoms with E-state index in [9.17, 15) is 19.7 Å². The Kier molecular flexibility index (Phi) is 8.48. The van der Waals surface area contributed by atoms with E-state index in [1.165, 1.54) is 23.9 Å². The number of benzene rings is 2. The summed E-state index contributed by atoms with van der Waals surface area (Å²) >= 11 is 1.41. The summed E-state index contributed by atoms with van der Waals surface area (Å²) in [6.45, 7) is 2.43. The van der Waals surface area contributed by atoms with Crippen molar-refractivity contribution < 1.29 is 19.2 Å². The number of hydrogen-bond donors (Lipinski definition) is 1. The fourth-order valence-corrected chi connectivity index (χ4v) is 3.04. The number of unbranched alkanes of at least 4 members (excludes halogenated alkanes) is 1. The zero-order valence-corrected chi connectivity index (χ0v) is 16.4. The SMILES string of the molecule is CCCCOC(=O)c1ccc(NC(=O)CSCc2ccc([N+](=O)[O-])cc2)cc1. The lowest BCUT2D eigenvalue weighted by atomic mass is 10.2. The van der Waals surface area contributed by atoms with Gasteiger partial charge in [-0.3, -0.25) is 14.9 Å². The molecule has 0 aliphatic rings. The summed E-state index contributed by atoms with van der Waals surface area (Å²) in [5.41, 5.74) is 2.01. The molecule has 0 saturated carbocycles. The maximum absolute atomic E-state index is 12.0. The number of nitrogens with zero attached hydrogens (tertiary/aromatic N) is 1. The number of hydrogen-bond acceptors (Lipinski definition) is 6. The van der Waals surface area contributed by atoms with Crippen molar-refractivity contribution in [3.05, 3.63) is 69.8 Å². The van der Waals surface area contributed by atoms with Crippen molar-refractivity contribution in [3.8, 4) is 0 Å². The normalized spacial score (nSPS) is 10.3. The average Bonchev–Trinajstić information content (AvgIpc) is 2.69. The van der Waals surface area contributed by atoms with E-state index in [-0.39, 0.29) is 23.3 Å². The van der Waals surface area contributed by atoms with Gasteiger partial charge in [0.05, 0.1) is 22.8 Å². The average molecular weight is 402 g/mol. The maximum Gasteiger partial charge on any atom is 0.338 e. The standard InChI is InChI=1S/C20H22N2O5S/c1-2-3-12-27-20(24)16-6-8-17(9-7-16)21-19(23)14-28-13-15-4-10-18(11-5-15)22(25)26/h4-11H,2-3,12-14H2,1H3,(H,21,23).